The standard InChI is InChI=1S/C24H34N4/c1-19-18-27(24-10-14-26(3)15-11-24)16-17-28(19)20(2)21-4-6-22(7-5-21)23-8-12-25-13-9-23/h4-9,12-13,19-20,24H,10-11,14-18H2,1-3H3/t19-,20+/m1/s1. The summed E-state index contributed by atoms with van der Waals surface area (Å²) in [6.45, 7) is 10.8. The second-order valence-corrected chi connectivity index (χ2v) is 8.65. The van der Waals surface area contributed by atoms with Crippen LogP contribution in [-0.4, -0.2) is 71.5 Å². The summed E-state index contributed by atoms with van der Waals surface area (Å²) in [5.41, 5.74) is 3.91. The molecule has 2 aliphatic rings. The zero-order valence-electron chi connectivity index (χ0n) is 17.6. The van der Waals surface area contributed by atoms with Crippen LogP contribution in [0.5, 0.6) is 0 Å². The first-order chi connectivity index (χ1) is 13.6. The van der Waals surface area contributed by atoms with Crippen molar-refractivity contribution in [1.29, 1.82) is 0 Å². The molecule has 150 valence electrons. The molecule has 2 saturated heterocycles. The fourth-order valence-electron chi connectivity index (χ4n) is 4.96. The molecule has 0 saturated carbocycles. The maximum absolute atomic E-state index is 4.12. The van der Waals surface area contributed by atoms with Gasteiger partial charge >= 0.3 is 0 Å². The minimum absolute atomic E-state index is 0.459. The van der Waals surface area contributed by atoms with E-state index in [9.17, 15) is 0 Å². The first-order valence-electron chi connectivity index (χ1n) is 10.8. The fraction of sp³-hybridized carbons (Fsp3) is 0.542. The van der Waals surface area contributed by atoms with Crippen LogP contribution >= 0.6 is 0 Å². The number of hydrogen-bond donors (Lipinski definition) is 0. The Labute approximate surface area is 170 Å². The molecule has 2 atom stereocenters. The molecule has 0 N–H and O–H groups in total. The van der Waals surface area contributed by atoms with E-state index in [4.69, 9.17) is 0 Å². The minimum atomic E-state index is 0.459. The van der Waals surface area contributed by atoms with Gasteiger partial charge in [-0.3, -0.25) is 14.8 Å². The Bertz CT molecular complexity index is 737. The third-order valence-electron chi connectivity index (χ3n) is 6.82. The Morgan fingerprint density at radius 2 is 1.54 bits per heavy atom. The molecular weight excluding hydrogens is 344 g/mol. The van der Waals surface area contributed by atoms with E-state index >= 15 is 0 Å². The number of rotatable bonds is 4. The van der Waals surface area contributed by atoms with Gasteiger partial charge in [-0.1, -0.05) is 24.3 Å². The van der Waals surface area contributed by atoms with Crippen molar-refractivity contribution in [1.82, 2.24) is 19.7 Å². The molecule has 0 aliphatic carbocycles. The highest BCUT2D eigenvalue weighted by molar-refractivity contribution is 5.62. The SMILES string of the molecule is C[C@@H]1CN(C2CCN(C)CC2)CCN1[C@@H](C)c1ccc(-c2ccncc2)cc1. The number of benzene rings is 1. The van der Waals surface area contributed by atoms with Crippen LogP contribution in [0.25, 0.3) is 11.1 Å². The molecule has 4 heteroatoms. The number of hydrogen-bond acceptors (Lipinski definition) is 4. The van der Waals surface area contributed by atoms with E-state index in [0.717, 1.165) is 6.04 Å². The maximum atomic E-state index is 4.12. The van der Waals surface area contributed by atoms with Crippen molar-refractivity contribution in [3.05, 3.63) is 54.4 Å². The number of piperazine rings is 1. The third kappa shape index (κ3) is 4.29. The van der Waals surface area contributed by atoms with Crippen LogP contribution < -0.4 is 0 Å². The van der Waals surface area contributed by atoms with Crippen LogP contribution in [0.2, 0.25) is 0 Å². The van der Waals surface area contributed by atoms with E-state index in [1.807, 2.05) is 12.4 Å². The molecule has 4 nitrogen and oxygen atoms in total. The summed E-state index contributed by atoms with van der Waals surface area (Å²) in [6.07, 6.45) is 6.37. The van der Waals surface area contributed by atoms with Gasteiger partial charge in [-0.25, -0.2) is 0 Å². The lowest BCUT2D eigenvalue weighted by Crippen LogP contribution is -2.56. The van der Waals surface area contributed by atoms with Gasteiger partial charge in [0.1, 0.15) is 0 Å². The topological polar surface area (TPSA) is 22.6 Å². The second kappa shape index (κ2) is 8.73. The molecule has 1 aromatic carbocycles. The number of aromatic nitrogens is 1. The molecule has 28 heavy (non-hydrogen) atoms. The minimum Gasteiger partial charge on any atom is -0.306 e. The summed E-state index contributed by atoms with van der Waals surface area (Å²) in [5.74, 6) is 0. The van der Waals surface area contributed by atoms with Gasteiger partial charge in [0.25, 0.3) is 0 Å². The average Bonchev–Trinajstić information content (AvgIpc) is 2.74. The van der Waals surface area contributed by atoms with E-state index in [0.29, 0.717) is 12.1 Å². The van der Waals surface area contributed by atoms with Crippen molar-refractivity contribution in [2.75, 3.05) is 39.8 Å². The Hall–Kier alpha value is -1.75. The van der Waals surface area contributed by atoms with Gasteiger partial charge < -0.3 is 4.90 Å². The van der Waals surface area contributed by atoms with Crippen LogP contribution in [0.4, 0.5) is 0 Å². The van der Waals surface area contributed by atoms with Gasteiger partial charge in [0.15, 0.2) is 0 Å². The zero-order valence-corrected chi connectivity index (χ0v) is 17.6. The predicted molar refractivity (Wildman–Crippen MR) is 116 cm³/mol. The highest BCUT2D eigenvalue weighted by Gasteiger charge is 2.32. The number of likely N-dealkylation sites (tertiary alicyclic amines) is 1. The highest BCUT2D eigenvalue weighted by atomic mass is 15.3. The van der Waals surface area contributed by atoms with E-state index in [2.05, 4.69) is 77.0 Å². The number of piperidine rings is 1. The summed E-state index contributed by atoms with van der Waals surface area (Å²) >= 11 is 0. The van der Waals surface area contributed by atoms with E-state index < -0.39 is 0 Å². The largest absolute Gasteiger partial charge is 0.306 e. The lowest BCUT2D eigenvalue weighted by atomic mass is 9.98. The van der Waals surface area contributed by atoms with Crippen molar-refractivity contribution in [3.8, 4) is 11.1 Å². The maximum Gasteiger partial charge on any atom is 0.0323 e. The summed E-state index contributed by atoms with van der Waals surface area (Å²) in [4.78, 5) is 12.0. The lowest BCUT2D eigenvalue weighted by Gasteiger charge is -2.47. The molecule has 0 amide bonds. The average molecular weight is 379 g/mol. The Morgan fingerprint density at radius 3 is 2.18 bits per heavy atom. The predicted octanol–water partition coefficient (Wildman–Crippen LogP) is 3.91. The third-order valence-corrected chi connectivity index (χ3v) is 6.82. The number of nitrogens with zero attached hydrogens (tertiary/aromatic N) is 4. The van der Waals surface area contributed by atoms with Crippen molar-refractivity contribution in [2.45, 2.75) is 44.8 Å². The molecular formula is C24H34N4. The molecule has 3 heterocycles. The Kier molecular flexibility index (Phi) is 6.10. The van der Waals surface area contributed by atoms with Crippen molar-refractivity contribution in [2.24, 2.45) is 0 Å². The van der Waals surface area contributed by atoms with Crippen LogP contribution in [-0.2, 0) is 0 Å². The van der Waals surface area contributed by atoms with E-state index in [-0.39, 0.29) is 0 Å². The smallest absolute Gasteiger partial charge is 0.0323 e. The van der Waals surface area contributed by atoms with Gasteiger partial charge in [-0.2, -0.15) is 0 Å². The van der Waals surface area contributed by atoms with Crippen molar-refractivity contribution in [3.63, 3.8) is 0 Å². The highest BCUT2D eigenvalue weighted by Crippen LogP contribution is 2.29. The first-order valence-corrected chi connectivity index (χ1v) is 10.8. The summed E-state index contributed by atoms with van der Waals surface area (Å²) in [6, 6.07) is 15.1. The Morgan fingerprint density at radius 1 is 0.893 bits per heavy atom. The molecule has 0 bridgehead atoms. The van der Waals surface area contributed by atoms with Crippen LogP contribution in [0.15, 0.2) is 48.8 Å². The van der Waals surface area contributed by atoms with Gasteiger partial charge in [0.05, 0.1) is 0 Å². The zero-order chi connectivity index (χ0) is 19.5. The molecule has 0 unspecified atom stereocenters. The first kappa shape index (κ1) is 19.6. The van der Waals surface area contributed by atoms with E-state index in [1.54, 1.807) is 0 Å². The summed E-state index contributed by atoms with van der Waals surface area (Å²) in [7, 11) is 2.25. The quantitative estimate of drug-likeness (QED) is 0.804. The van der Waals surface area contributed by atoms with Gasteiger partial charge in [0, 0.05) is 50.2 Å². The molecule has 2 fully saturated rings. The lowest BCUT2D eigenvalue weighted by molar-refractivity contribution is 0.0159. The fourth-order valence-corrected chi connectivity index (χ4v) is 4.96. The Balaban J connectivity index is 1.38. The van der Waals surface area contributed by atoms with Crippen LogP contribution in [0.3, 0.4) is 0 Å². The van der Waals surface area contributed by atoms with Crippen molar-refractivity contribution >= 4 is 0 Å². The van der Waals surface area contributed by atoms with Crippen molar-refractivity contribution < 1.29 is 0 Å². The van der Waals surface area contributed by atoms with Crippen LogP contribution in [0.1, 0.15) is 38.3 Å². The summed E-state index contributed by atoms with van der Waals surface area (Å²) in [5, 5.41) is 0. The monoisotopic (exact) mass is 378 g/mol. The van der Waals surface area contributed by atoms with E-state index in [1.165, 1.54) is 62.3 Å². The molecule has 2 aromatic rings. The van der Waals surface area contributed by atoms with Gasteiger partial charge in [-0.15, -0.1) is 0 Å². The molecule has 4 rings (SSSR count). The van der Waals surface area contributed by atoms with Crippen LogP contribution in [0, 0.1) is 0 Å². The molecule has 0 radical (unpaired) electrons. The van der Waals surface area contributed by atoms with Gasteiger partial charge in [-0.05, 0) is 75.6 Å². The number of pyridine rings is 1. The summed E-state index contributed by atoms with van der Waals surface area (Å²) < 4.78 is 0. The molecule has 1 aromatic heterocycles. The molecule has 0 spiro atoms. The molecule has 2 aliphatic heterocycles. The normalized spacial score (nSPS) is 24.3. The van der Waals surface area contributed by atoms with Gasteiger partial charge in [0.2, 0.25) is 0 Å². The second-order valence-electron chi connectivity index (χ2n) is 8.65.